The molecule has 0 saturated carbocycles. The van der Waals surface area contributed by atoms with Gasteiger partial charge in [-0.3, -0.25) is 4.79 Å². The lowest BCUT2D eigenvalue weighted by molar-refractivity contribution is 0.0877. The third kappa shape index (κ3) is 3.30. The first kappa shape index (κ1) is 16.1. The van der Waals surface area contributed by atoms with E-state index in [1.165, 1.54) is 35.3 Å². The number of aromatic nitrogens is 3. The molecule has 2 rings (SSSR count). The van der Waals surface area contributed by atoms with E-state index in [1.54, 1.807) is 0 Å². The third-order valence-electron chi connectivity index (χ3n) is 3.88. The van der Waals surface area contributed by atoms with Crippen LogP contribution in [-0.2, 0) is 0 Å². The maximum absolute atomic E-state index is 12.9. The molecule has 1 aromatic carbocycles. The van der Waals surface area contributed by atoms with Crippen LogP contribution in [0.15, 0.2) is 30.5 Å². The SMILES string of the molecule is CC(C)C(C)(CN)NC(=O)c1cnn(-c2ccc(F)cc2)n1. The Hall–Kier alpha value is -2.28. The maximum atomic E-state index is 12.9. The Morgan fingerprint density at radius 2 is 2.05 bits per heavy atom. The number of carbonyl (C=O) groups excluding carboxylic acids is 1. The van der Waals surface area contributed by atoms with Crippen molar-refractivity contribution in [2.24, 2.45) is 11.7 Å². The van der Waals surface area contributed by atoms with Gasteiger partial charge < -0.3 is 11.1 Å². The Balaban J connectivity index is 2.17. The molecule has 22 heavy (non-hydrogen) atoms. The summed E-state index contributed by atoms with van der Waals surface area (Å²) in [5.74, 6) is -0.506. The number of benzene rings is 1. The number of halogens is 1. The lowest BCUT2D eigenvalue weighted by Crippen LogP contribution is -2.55. The normalized spacial score (nSPS) is 13.9. The van der Waals surface area contributed by atoms with Crippen LogP contribution in [-0.4, -0.2) is 33.0 Å². The minimum atomic E-state index is -0.517. The first-order chi connectivity index (χ1) is 10.4. The highest BCUT2D eigenvalue weighted by Gasteiger charge is 2.29. The Morgan fingerprint density at radius 1 is 1.41 bits per heavy atom. The summed E-state index contributed by atoms with van der Waals surface area (Å²) in [4.78, 5) is 13.6. The quantitative estimate of drug-likeness (QED) is 0.876. The van der Waals surface area contributed by atoms with Gasteiger partial charge in [-0.25, -0.2) is 4.39 Å². The van der Waals surface area contributed by atoms with Gasteiger partial charge in [-0.2, -0.15) is 9.90 Å². The molecular weight excluding hydrogens is 285 g/mol. The minimum absolute atomic E-state index is 0.175. The average molecular weight is 305 g/mol. The molecule has 0 fully saturated rings. The highest BCUT2D eigenvalue weighted by atomic mass is 19.1. The van der Waals surface area contributed by atoms with Crippen LogP contribution in [0.3, 0.4) is 0 Å². The largest absolute Gasteiger partial charge is 0.344 e. The van der Waals surface area contributed by atoms with Crippen molar-refractivity contribution in [1.82, 2.24) is 20.3 Å². The van der Waals surface area contributed by atoms with E-state index in [0.29, 0.717) is 12.2 Å². The number of rotatable bonds is 5. The van der Waals surface area contributed by atoms with E-state index in [2.05, 4.69) is 15.5 Å². The maximum Gasteiger partial charge on any atom is 0.273 e. The number of nitrogens with two attached hydrogens (primary N) is 1. The molecule has 0 bridgehead atoms. The van der Waals surface area contributed by atoms with Crippen LogP contribution in [0.25, 0.3) is 5.69 Å². The molecule has 118 valence electrons. The standard InChI is InChI=1S/C15H20FN5O/c1-10(2)15(3,9-17)19-14(22)13-8-18-21(20-13)12-6-4-11(16)5-7-12/h4-8,10H,9,17H2,1-3H3,(H,19,22). The number of hydrogen-bond donors (Lipinski definition) is 2. The van der Waals surface area contributed by atoms with E-state index in [9.17, 15) is 9.18 Å². The molecule has 1 amide bonds. The molecule has 0 aliphatic heterocycles. The second kappa shape index (κ2) is 6.23. The molecule has 0 radical (unpaired) electrons. The number of hydrogen-bond acceptors (Lipinski definition) is 4. The molecule has 6 nitrogen and oxygen atoms in total. The van der Waals surface area contributed by atoms with Gasteiger partial charge in [-0.1, -0.05) is 13.8 Å². The molecule has 0 saturated heterocycles. The van der Waals surface area contributed by atoms with Crippen LogP contribution in [0.5, 0.6) is 0 Å². The summed E-state index contributed by atoms with van der Waals surface area (Å²) in [5.41, 5.74) is 6.00. The van der Waals surface area contributed by atoms with Crippen molar-refractivity contribution in [3.63, 3.8) is 0 Å². The van der Waals surface area contributed by atoms with Gasteiger partial charge in [0.15, 0.2) is 5.69 Å². The predicted molar refractivity (Wildman–Crippen MR) is 81.1 cm³/mol. The second-order valence-electron chi connectivity index (χ2n) is 5.73. The van der Waals surface area contributed by atoms with Crippen molar-refractivity contribution in [2.45, 2.75) is 26.3 Å². The highest BCUT2D eigenvalue weighted by molar-refractivity contribution is 5.92. The van der Waals surface area contributed by atoms with Crippen molar-refractivity contribution in [2.75, 3.05) is 6.54 Å². The molecule has 1 aromatic heterocycles. The van der Waals surface area contributed by atoms with Crippen LogP contribution in [0.4, 0.5) is 4.39 Å². The van der Waals surface area contributed by atoms with Gasteiger partial charge in [0.05, 0.1) is 17.4 Å². The van der Waals surface area contributed by atoms with Crippen LogP contribution < -0.4 is 11.1 Å². The van der Waals surface area contributed by atoms with Gasteiger partial charge in [0.2, 0.25) is 0 Å². The molecule has 3 N–H and O–H groups in total. The van der Waals surface area contributed by atoms with Crippen molar-refractivity contribution in [3.8, 4) is 5.69 Å². The minimum Gasteiger partial charge on any atom is -0.344 e. The molecule has 1 atom stereocenters. The highest BCUT2D eigenvalue weighted by Crippen LogP contribution is 2.15. The van der Waals surface area contributed by atoms with Crippen LogP contribution >= 0.6 is 0 Å². The molecule has 0 aliphatic carbocycles. The fourth-order valence-electron chi connectivity index (χ4n) is 1.82. The summed E-state index contributed by atoms with van der Waals surface area (Å²) in [7, 11) is 0. The van der Waals surface area contributed by atoms with Gasteiger partial charge in [0.25, 0.3) is 5.91 Å². The third-order valence-corrected chi connectivity index (χ3v) is 3.88. The molecule has 1 heterocycles. The zero-order valence-electron chi connectivity index (χ0n) is 12.9. The number of carbonyl (C=O) groups is 1. The topological polar surface area (TPSA) is 85.8 Å². The lowest BCUT2D eigenvalue weighted by atomic mass is 9.88. The summed E-state index contributed by atoms with van der Waals surface area (Å²) in [6.07, 6.45) is 1.37. The summed E-state index contributed by atoms with van der Waals surface area (Å²) in [5, 5.41) is 11.0. The lowest BCUT2D eigenvalue weighted by Gasteiger charge is -2.33. The molecule has 2 aromatic rings. The van der Waals surface area contributed by atoms with E-state index in [4.69, 9.17) is 5.73 Å². The molecular formula is C15H20FN5O. The Morgan fingerprint density at radius 3 is 2.59 bits per heavy atom. The Labute approximate surface area is 128 Å². The fraction of sp³-hybridized carbons (Fsp3) is 0.400. The monoisotopic (exact) mass is 305 g/mol. The summed E-state index contributed by atoms with van der Waals surface area (Å²) in [6.45, 7) is 6.19. The zero-order chi connectivity index (χ0) is 16.3. The molecule has 0 aliphatic rings. The van der Waals surface area contributed by atoms with Gasteiger partial charge in [0, 0.05) is 6.54 Å². The van der Waals surface area contributed by atoms with Crippen LogP contribution in [0, 0.1) is 11.7 Å². The van der Waals surface area contributed by atoms with Crippen molar-refractivity contribution >= 4 is 5.91 Å². The van der Waals surface area contributed by atoms with Crippen LogP contribution in [0.1, 0.15) is 31.3 Å². The molecule has 0 spiro atoms. The molecule has 1 unspecified atom stereocenters. The number of nitrogens with zero attached hydrogens (tertiary/aromatic N) is 3. The zero-order valence-corrected chi connectivity index (χ0v) is 12.9. The van der Waals surface area contributed by atoms with E-state index < -0.39 is 5.54 Å². The van der Waals surface area contributed by atoms with Gasteiger partial charge >= 0.3 is 0 Å². The predicted octanol–water partition coefficient (Wildman–Crippen LogP) is 1.51. The van der Waals surface area contributed by atoms with E-state index in [-0.39, 0.29) is 23.3 Å². The van der Waals surface area contributed by atoms with Crippen molar-refractivity contribution < 1.29 is 9.18 Å². The fourth-order valence-corrected chi connectivity index (χ4v) is 1.82. The summed E-state index contributed by atoms with van der Waals surface area (Å²) in [6, 6.07) is 5.69. The van der Waals surface area contributed by atoms with E-state index in [1.807, 2.05) is 20.8 Å². The van der Waals surface area contributed by atoms with Gasteiger partial charge in [-0.15, -0.1) is 5.10 Å². The Bertz CT molecular complexity index is 652. The smallest absolute Gasteiger partial charge is 0.273 e. The second-order valence-corrected chi connectivity index (χ2v) is 5.73. The molecule has 7 heteroatoms. The first-order valence-corrected chi connectivity index (χ1v) is 7.06. The van der Waals surface area contributed by atoms with E-state index >= 15 is 0 Å². The number of nitrogens with one attached hydrogen (secondary N) is 1. The van der Waals surface area contributed by atoms with E-state index in [0.717, 1.165) is 0 Å². The van der Waals surface area contributed by atoms with Crippen molar-refractivity contribution in [3.05, 3.63) is 42.0 Å². The summed E-state index contributed by atoms with van der Waals surface area (Å²) >= 11 is 0. The van der Waals surface area contributed by atoms with Gasteiger partial charge in [-0.05, 0) is 37.1 Å². The Kier molecular flexibility index (Phi) is 4.56. The van der Waals surface area contributed by atoms with Gasteiger partial charge in [0.1, 0.15) is 5.82 Å². The first-order valence-electron chi connectivity index (χ1n) is 7.06. The van der Waals surface area contributed by atoms with Crippen LogP contribution in [0.2, 0.25) is 0 Å². The summed E-state index contributed by atoms with van der Waals surface area (Å²) < 4.78 is 12.9. The average Bonchev–Trinajstić information content (AvgIpc) is 2.97. The van der Waals surface area contributed by atoms with Crippen molar-refractivity contribution in [1.29, 1.82) is 0 Å². The number of amides is 1.